The Morgan fingerprint density at radius 3 is 2.39 bits per heavy atom. The number of carbonyl (C=O) groups excluding carboxylic acids is 5. The molecular formula is C27H32FN5O5. The van der Waals surface area contributed by atoms with Gasteiger partial charge in [-0.3, -0.25) is 29.0 Å². The lowest BCUT2D eigenvalue weighted by Crippen LogP contribution is -2.56. The largest absolute Gasteiger partial charge is 0.356 e. The van der Waals surface area contributed by atoms with Gasteiger partial charge in [0.2, 0.25) is 17.6 Å². The van der Waals surface area contributed by atoms with Gasteiger partial charge < -0.3 is 21.3 Å². The fourth-order valence-corrected chi connectivity index (χ4v) is 4.06. The highest BCUT2D eigenvalue weighted by Gasteiger charge is 2.36. The number of amides is 4. The molecule has 1 aromatic carbocycles. The van der Waals surface area contributed by atoms with Crippen LogP contribution in [0.1, 0.15) is 49.5 Å². The fourth-order valence-electron chi connectivity index (χ4n) is 4.06. The van der Waals surface area contributed by atoms with E-state index >= 15 is 0 Å². The topological polar surface area (TPSA) is 146 Å². The highest BCUT2D eigenvalue weighted by atomic mass is 19.1. The van der Waals surface area contributed by atoms with Crippen LogP contribution in [0.2, 0.25) is 0 Å². The summed E-state index contributed by atoms with van der Waals surface area (Å²) < 4.78 is 13.6. The van der Waals surface area contributed by atoms with Gasteiger partial charge >= 0.3 is 0 Å². The molecule has 0 radical (unpaired) electrons. The summed E-state index contributed by atoms with van der Waals surface area (Å²) >= 11 is 0. The van der Waals surface area contributed by atoms with Crippen molar-refractivity contribution in [2.45, 2.75) is 57.7 Å². The van der Waals surface area contributed by atoms with Crippen molar-refractivity contribution in [3.63, 3.8) is 0 Å². The molecule has 1 aromatic heterocycles. The van der Waals surface area contributed by atoms with E-state index in [4.69, 9.17) is 0 Å². The van der Waals surface area contributed by atoms with Crippen LogP contribution in [0.15, 0.2) is 48.8 Å². The summed E-state index contributed by atoms with van der Waals surface area (Å²) in [6, 6.07) is 7.37. The van der Waals surface area contributed by atoms with Crippen LogP contribution in [0, 0.1) is 11.7 Å². The van der Waals surface area contributed by atoms with Crippen molar-refractivity contribution in [1.82, 2.24) is 26.3 Å². The maximum Gasteiger partial charge on any atom is 0.290 e. The molecule has 1 aliphatic rings. The van der Waals surface area contributed by atoms with Crippen molar-refractivity contribution in [3.8, 4) is 0 Å². The summed E-state index contributed by atoms with van der Waals surface area (Å²) in [4.78, 5) is 67.9. The minimum absolute atomic E-state index is 0.0557. The standard InChI is InChI=1S/C27H32FN5O5/c1-27(2,3)33-26(38)22(34)20(13-17-9-10-30-23(17)35)31-25(37)21(11-16-7-5-4-6-8-16)32-24(36)18-12-19(28)15-29-14-18/h4-8,12,14-15,17,20-21H,9-11,13H2,1-3H3,(H,30,35)(H,31,37)(H,32,36)(H,33,38)/t17-,20?,21-/m0/s1. The first kappa shape index (κ1) is 28.4. The van der Waals surface area contributed by atoms with E-state index in [0.29, 0.717) is 18.5 Å². The van der Waals surface area contributed by atoms with E-state index in [1.165, 1.54) is 0 Å². The number of carbonyl (C=O) groups is 5. The number of halogens is 1. The molecule has 2 heterocycles. The summed E-state index contributed by atoms with van der Waals surface area (Å²) in [6.07, 6.45) is 2.55. The number of nitrogens with one attached hydrogen (secondary N) is 4. The predicted octanol–water partition coefficient (Wildman–Crippen LogP) is 1.06. The number of hydrogen-bond acceptors (Lipinski definition) is 6. The van der Waals surface area contributed by atoms with E-state index in [-0.39, 0.29) is 24.3 Å². The van der Waals surface area contributed by atoms with Crippen LogP contribution >= 0.6 is 0 Å². The van der Waals surface area contributed by atoms with E-state index in [1.54, 1.807) is 51.1 Å². The third kappa shape index (κ3) is 8.19. The molecular weight excluding hydrogens is 493 g/mol. The van der Waals surface area contributed by atoms with Gasteiger partial charge in [-0.15, -0.1) is 0 Å². The van der Waals surface area contributed by atoms with Gasteiger partial charge in [-0.05, 0) is 45.2 Å². The van der Waals surface area contributed by atoms with Crippen LogP contribution in [-0.2, 0) is 25.6 Å². The Hall–Kier alpha value is -4.15. The van der Waals surface area contributed by atoms with Gasteiger partial charge in [0, 0.05) is 30.6 Å². The third-order valence-corrected chi connectivity index (χ3v) is 5.90. The Balaban J connectivity index is 1.84. The Bertz CT molecular complexity index is 1200. The van der Waals surface area contributed by atoms with Gasteiger partial charge in [0.25, 0.3) is 11.8 Å². The molecule has 0 spiro atoms. The predicted molar refractivity (Wildman–Crippen MR) is 136 cm³/mol. The van der Waals surface area contributed by atoms with Crippen molar-refractivity contribution < 1.29 is 28.4 Å². The lowest BCUT2D eigenvalue weighted by molar-refractivity contribution is -0.141. The second-order valence-corrected chi connectivity index (χ2v) is 10.2. The molecule has 3 atom stereocenters. The average Bonchev–Trinajstić information content (AvgIpc) is 3.26. The maximum atomic E-state index is 13.6. The van der Waals surface area contributed by atoms with Gasteiger partial charge in [0.05, 0.1) is 17.8 Å². The van der Waals surface area contributed by atoms with Gasteiger partial charge in [-0.1, -0.05) is 30.3 Å². The lowest BCUT2D eigenvalue weighted by Gasteiger charge is -2.26. The molecule has 1 aliphatic heterocycles. The van der Waals surface area contributed by atoms with Crippen molar-refractivity contribution in [3.05, 3.63) is 65.7 Å². The smallest absolute Gasteiger partial charge is 0.290 e. The van der Waals surface area contributed by atoms with E-state index < -0.39 is 52.9 Å². The van der Waals surface area contributed by atoms with Crippen LogP contribution in [0.5, 0.6) is 0 Å². The number of ketones is 1. The number of rotatable bonds is 10. The SMILES string of the molecule is CC(C)(C)NC(=O)C(=O)C(C[C@@H]1CCNC1=O)NC(=O)[C@H](Cc1ccccc1)NC(=O)c1cncc(F)c1. The van der Waals surface area contributed by atoms with Crippen LogP contribution < -0.4 is 21.3 Å². The molecule has 1 fully saturated rings. The first-order valence-electron chi connectivity index (χ1n) is 12.3. The summed E-state index contributed by atoms with van der Waals surface area (Å²) in [6.45, 7) is 5.57. The first-order chi connectivity index (χ1) is 17.9. The summed E-state index contributed by atoms with van der Waals surface area (Å²) in [5.41, 5.74) is -0.0704. The zero-order chi connectivity index (χ0) is 27.9. The number of nitrogens with zero attached hydrogens (tertiary/aromatic N) is 1. The van der Waals surface area contributed by atoms with Crippen LogP contribution in [0.3, 0.4) is 0 Å². The van der Waals surface area contributed by atoms with Crippen molar-refractivity contribution >= 4 is 29.4 Å². The molecule has 1 saturated heterocycles. The molecule has 2 aromatic rings. The third-order valence-electron chi connectivity index (χ3n) is 5.90. The Kier molecular flexibility index (Phi) is 9.27. The fraction of sp³-hybridized carbons (Fsp3) is 0.407. The van der Waals surface area contributed by atoms with Crippen molar-refractivity contribution in [1.29, 1.82) is 0 Å². The molecule has 4 N–H and O–H groups in total. The van der Waals surface area contributed by atoms with Gasteiger partial charge in [0.15, 0.2) is 0 Å². The zero-order valence-electron chi connectivity index (χ0n) is 21.5. The monoisotopic (exact) mass is 525 g/mol. The van der Waals surface area contributed by atoms with E-state index in [9.17, 15) is 28.4 Å². The molecule has 1 unspecified atom stereocenters. The van der Waals surface area contributed by atoms with Gasteiger partial charge in [-0.25, -0.2) is 4.39 Å². The molecule has 4 amide bonds. The summed E-state index contributed by atoms with van der Waals surface area (Å²) in [5.74, 6) is -4.80. The molecule has 0 bridgehead atoms. The average molecular weight is 526 g/mol. The van der Waals surface area contributed by atoms with E-state index in [0.717, 1.165) is 18.5 Å². The maximum absolute atomic E-state index is 13.6. The molecule has 10 nitrogen and oxygen atoms in total. The van der Waals surface area contributed by atoms with Crippen molar-refractivity contribution in [2.75, 3.05) is 6.54 Å². The number of hydrogen-bond donors (Lipinski definition) is 4. The number of pyridine rings is 1. The van der Waals surface area contributed by atoms with Gasteiger partial charge in [0.1, 0.15) is 11.9 Å². The summed E-state index contributed by atoms with van der Waals surface area (Å²) in [5, 5.41) is 10.4. The molecule has 3 rings (SSSR count). The number of benzene rings is 1. The summed E-state index contributed by atoms with van der Waals surface area (Å²) in [7, 11) is 0. The molecule has 0 saturated carbocycles. The Labute approximate surface area is 220 Å². The van der Waals surface area contributed by atoms with Gasteiger partial charge in [-0.2, -0.15) is 0 Å². The number of Topliss-reactive ketones (excluding diaryl/α,β-unsaturated/α-hetero) is 1. The minimum atomic E-state index is -1.30. The van der Waals surface area contributed by atoms with E-state index in [2.05, 4.69) is 26.3 Å². The normalized spacial score (nSPS) is 16.6. The van der Waals surface area contributed by atoms with Crippen LogP contribution in [-0.4, -0.2) is 58.6 Å². The Morgan fingerprint density at radius 2 is 1.79 bits per heavy atom. The van der Waals surface area contributed by atoms with E-state index in [1.807, 2.05) is 0 Å². The second-order valence-electron chi connectivity index (χ2n) is 10.2. The minimum Gasteiger partial charge on any atom is -0.356 e. The van der Waals surface area contributed by atoms with Crippen molar-refractivity contribution in [2.24, 2.45) is 5.92 Å². The number of aromatic nitrogens is 1. The molecule has 38 heavy (non-hydrogen) atoms. The first-order valence-corrected chi connectivity index (χ1v) is 12.3. The highest BCUT2D eigenvalue weighted by Crippen LogP contribution is 2.18. The highest BCUT2D eigenvalue weighted by molar-refractivity contribution is 6.38. The molecule has 11 heteroatoms. The molecule has 0 aliphatic carbocycles. The lowest BCUT2D eigenvalue weighted by atomic mass is 9.94. The van der Waals surface area contributed by atoms with Crippen LogP contribution in [0.4, 0.5) is 4.39 Å². The quantitative estimate of drug-likeness (QED) is 0.341. The Morgan fingerprint density at radius 1 is 1.08 bits per heavy atom. The second kappa shape index (κ2) is 12.4. The zero-order valence-corrected chi connectivity index (χ0v) is 21.5. The van der Waals surface area contributed by atoms with Crippen LogP contribution in [0.25, 0.3) is 0 Å². The molecule has 202 valence electrons.